The number of hydrogen-bond acceptors (Lipinski definition) is 2. The minimum Gasteiger partial charge on any atom is -0.322 e. The molecule has 21 heavy (non-hydrogen) atoms. The summed E-state index contributed by atoms with van der Waals surface area (Å²) in [5.74, 6) is -0.883. The number of nitrogens with zero attached hydrogens (tertiary/aromatic N) is 1. The van der Waals surface area contributed by atoms with E-state index in [0.717, 1.165) is 18.5 Å². The van der Waals surface area contributed by atoms with Gasteiger partial charge in [-0.1, -0.05) is 36.5 Å². The molecule has 0 aliphatic carbocycles. The number of anilines is 1. The summed E-state index contributed by atoms with van der Waals surface area (Å²) < 4.78 is 13.1. The summed E-state index contributed by atoms with van der Waals surface area (Å²) in [6.45, 7) is 2.02. The Bertz CT molecular complexity index is 677. The molecule has 2 rings (SSSR count). The second-order valence-electron chi connectivity index (χ2n) is 4.50. The number of carbonyl (C=O) groups is 1. The van der Waals surface area contributed by atoms with Crippen LogP contribution in [-0.2, 0) is 6.42 Å². The quantitative estimate of drug-likeness (QED) is 0.825. The van der Waals surface area contributed by atoms with Crippen molar-refractivity contribution in [2.45, 2.75) is 19.8 Å². The van der Waals surface area contributed by atoms with Crippen LogP contribution in [0.5, 0.6) is 0 Å². The monoisotopic (exact) mass is 326 g/mol. The van der Waals surface area contributed by atoms with E-state index in [-0.39, 0.29) is 16.1 Å². The summed E-state index contributed by atoms with van der Waals surface area (Å²) in [5.41, 5.74) is 1.57. The van der Waals surface area contributed by atoms with Crippen molar-refractivity contribution in [1.82, 2.24) is 4.98 Å². The van der Waals surface area contributed by atoms with Gasteiger partial charge in [0, 0.05) is 16.9 Å². The molecule has 0 aliphatic heterocycles. The molecule has 0 radical (unpaired) electrons. The van der Waals surface area contributed by atoms with E-state index in [1.54, 1.807) is 6.07 Å². The Morgan fingerprint density at radius 1 is 1.29 bits per heavy atom. The number of hydrogen-bond donors (Lipinski definition) is 1. The maximum Gasteiger partial charge on any atom is 0.255 e. The maximum atomic E-state index is 13.1. The van der Waals surface area contributed by atoms with Gasteiger partial charge in [0.15, 0.2) is 0 Å². The van der Waals surface area contributed by atoms with Gasteiger partial charge >= 0.3 is 0 Å². The second-order valence-corrected chi connectivity index (χ2v) is 5.30. The molecule has 1 amide bonds. The molecular weight excluding hydrogens is 314 g/mol. The predicted octanol–water partition coefficient (Wildman–Crippen LogP) is 4.73. The third-order valence-electron chi connectivity index (χ3n) is 2.79. The lowest BCUT2D eigenvalue weighted by Crippen LogP contribution is -2.13. The van der Waals surface area contributed by atoms with Gasteiger partial charge in [-0.05, 0) is 36.8 Å². The lowest BCUT2D eigenvalue weighted by molar-refractivity contribution is 0.102. The fraction of sp³-hybridized carbons (Fsp3) is 0.200. The van der Waals surface area contributed by atoms with Crippen LogP contribution in [0.25, 0.3) is 0 Å². The van der Waals surface area contributed by atoms with Gasteiger partial charge in [0.1, 0.15) is 11.0 Å². The third kappa shape index (κ3) is 4.16. The Morgan fingerprint density at radius 3 is 2.71 bits per heavy atom. The highest BCUT2D eigenvalue weighted by Crippen LogP contribution is 2.20. The van der Waals surface area contributed by atoms with Gasteiger partial charge in [0.25, 0.3) is 5.91 Å². The van der Waals surface area contributed by atoms with E-state index < -0.39 is 5.82 Å². The van der Waals surface area contributed by atoms with Crippen LogP contribution in [0.2, 0.25) is 10.2 Å². The lowest BCUT2D eigenvalue weighted by atomic mass is 10.1. The van der Waals surface area contributed by atoms with Gasteiger partial charge < -0.3 is 5.32 Å². The first kappa shape index (κ1) is 15.7. The molecule has 1 N–H and O–H groups in total. The highest BCUT2D eigenvalue weighted by molar-refractivity contribution is 6.31. The van der Waals surface area contributed by atoms with Crippen LogP contribution in [0.15, 0.2) is 30.3 Å². The smallest absolute Gasteiger partial charge is 0.255 e. The molecular formula is C15H13Cl2FN2O. The number of aromatic nitrogens is 1. The molecule has 0 saturated carbocycles. The number of carbonyl (C=O) groups excluding carboxylic acids is 1. The van der Waals surface area contributed by atoms with Crippen molar-refractivity contribution in [3.05, 3.63) is 57.6 Å². The van der Waals surface area contributed by atoms with Crippen molar-refractivity contribution in [2.24, 2.45) is 0 Å². The zero-order chi connectivity index (χ0) is 15.4. The first-order valence-corrected chi connectivity index (χ1v) is 7.18. The van der Waals surface area contributed by atoms with E-state index in [0.29, 0.717) is 11.3 Å². The molecule has 0 saturated heterocycles. The number of rotatable bonds is 4. The SMILES string of the molecule is CCCc1cc(C(=O)Nc2ccc(F)c(Cl)c2)cc(Cl)n1. The van der Waals surface area contributed by atoms with Crippen LogP contribution < -0.4 is 5.32 Å². The maximum absolute atomic E-state index is 13.1. The van der Waals surface area contributed by atoms with E-state index in [4.69, 9.17) is 23.2 Å². The van der Waals surface area contributed by atoms with Crippen molar-refractivity contribution >= 4 is 34.8 Å². The lowest BCUT2D eigenvalue weighted by Gasteiger charge is -2.08. The minimum atomic E-state index is -0.535. The summed E-state index contributed by atoms with van der Waals surface area (Å²) in [6.07, 6.45) is 1.64. The molecule has 0 unspecified atom stereocenters. The first-order chi connectivity index (χ1) is 9.99. The fourth-order valence-corrected chi connectivity index (χ4v) is 2.25. The second kappa shape index (κ2) is 6.87. The van der Waals surface area contributed by atoms with Gasteiger partial charge in [-0.25, -0.2) is 9.37 Å². The Kier molecular flexibility index (Phi) is 5.15. The summed E-state index contributed by atoms with van der Waals surface area (Å²) >= 11 is 11.6. The molecule has 0 spiro atoms. The molecule has 3 nitrogen and oxygen atoms in total. The van der Waals surface area contributed by atoms with Crippen LogP contribution in [0.4, 0.5) is 10.1 Å². The van der Waals surface area contributed by atoms with Crippen LogP contribution in [0, 0.1) is 5.82 Å². The van der Waals surface area contributed by atoms with Gasteiger partial charge in [0.2, 0.25) is 0 Å². The van der Waals surface area contributed by atoms with Gasteiger partial charge in [-0.15, -0.1) is 0 Å². The number of aryl methyl sites for hydroxylation is 1. The van der Waals surface area contributed by atoms with Crippen LogP contribution in [-0.4, -0.2) is 10.9 Å². The summed E-state index contributed by atoms with van der Waals surface area (Å²) in [5, 5.41) is 2.86. The minimum absolute atomic E-state index is 0.0489. The number of benzene rings is 1. The standard InChI is InChI=1S/C15H13Cl2FN2O/c1-2-3-10-6-9(7-14(17)19-10)15(21)20-11-4-5-13(18)12(16)8-11/h4-8H,2-3H2,1H3,(H,20,21). The van der Waals surface area contributed by atoms with Crippen LogP contribution in [0.3, 0.4) is 0 Å². The molecule has 0 fully saturated rings. The van der Waals surface area contributed by atoms with Crippen molar-refractivity contribution < 1.29 is 9.18 Å². The number of pyridine rings is 1. The van der Waals surface area contributed by atoms with E-state index in [1.165, 1.54) is 24.3 Å². The van der Waals surface area contributed by atoms with Gasteiger partial charge in [-0.3, -0.25) is 4.79 Å². The first-order valence-electron chi connectivity index (χ1n) is 6.42. The Balaban J connectivity index is 2.21. The number of nitrogens with one attached hydrogen (secondary N) is 1. The van der Waals surface area contributed by atoms with Crippen molar-refractivity contribution in [3.8, 4) is 0 Å². The molecule has 0 aliphatic rings. The van der Waals surface area contributed by atoms with Gasteiger partial charge in [-0.2, -0.15) is 0 Å². The Morgan fingerprint density at radius 2 is 2.05 bits per heavy atom. The summed E-state index contributed by atoms with van der Waals surface area (Å²) in [7, 11) is 0. The molecule has 0 bridgehead atoms. The average molecular weight is 327 g/mol. The average Bonchev–Trinajstić information content (AvgIpc) is 2.42. The molecule has 2 aromatic rings. The van der Waals surface area contributed by atoms with E-state index in [2.05, 4.69) is 10.3 Å². The summed E-state index contributed by atoms with van der Waals surface area (Å²) in [4.78, 5) is 16.3. The molecule has 1 aromatic carbocycles. The zero-order valence-electron chi connectivity index (χ0n) is 11.3. The largest absolute Gasteiger partial charge is 0.322 e. The van der Waals surface area contributed by atoms with Crippen molar-refractivity contribution in [2.75, 3.05) is 5.32 Å². The highest BCUT2D eigenvalue weighted by atomic mass is 35.5. The van der Waals surface area contributed by atoms with E-state index >= 15 is 0 Å². The number of amides is 1. The normalized spacial score (nSPS) is 10.5. The van der Waals surface area contributed by atoms with Crippen molar-refractivity contribution in [3.63, 3.8) is 0 Å². The predicted molar refractivity (Wildman–Crippen MR) is 82.6 cm³/mol. The Hall–Kier alpha value is -1.65. The topological polar surface area (TPSA) is 42.0 Å². The fourth-order valence-electron chi connectivity index (χ4n) is 1.84. The molecule has 0 atom stereocenters. The van der Waals surface area contributed by atoms with Crippen LogP contribution in [0.1, 0.15) is 29.4 Å². The Labute approximate surface area is 132 Å². The third-order valence-corrected chi connectivity index (χ3v) is 3.28. The zero-order valence-corrected chi connectivity index (χ0v) is 12.8. The highest BCUT2D eigenvalue weighted by Gasteiger charge is 2.10. The molecule has 1 aromatic heterocycles. The molecule has 6 heteroatoms. The summed E-state index contributed by atoms with van der Waals surface area (Å²) in [6, 6.07) is 7.16. The molecule has 1 heterocycles. The number of halogens is 3. The van der Waals surface area contributed by atoms with Gasteiger partial charge in [0.05, 0.1) is 5.02 Å². The van der Waals surface area contributed by atoms with Crippen LogP contribution >= 0.6 is 23.2 Å². The van der Waals surface area contributed by atoms with Crippen molar-refractivity contribution in [1.29, 1.82) is 0 Å². The molecule has 110 valence electrons. The van der Waals surface area contributed by atoms with E-state index in [1.807, 2.05) is 6.92 Å². The van der Waals surface area contributed by atoms with E-state index in [9.17, 15) is 9.18 Å².